The van der Waals surface area contributed by atoms with E-state index in [9.17, 15) is 9.90 Å². The lowest BCUT2D eigenvalue weighted by Gasteiger charge is -2.25. The molecular formula is C10H15NO2S. The lowest BCUT2D eigenvalue weighted by molar-refractivity contribution is 0.0887. The molecule has 1 rings (SSSR count). The molecule has 1 aromatic rings. The number of carbonyl (C=O) groups is 1. The molecule has 14 heavy (non-hydrogen) atoms. The molecule has 3 nitrogen and oxygen atoms in total. The van der Waals surface area contributed by atoms with E-state index in [1.807, 2.05) is 18.0 Å². The standard InChI is InChI=1S/C10H15NO2S/c1-10(2,13)7-11(3)9-5-4-8(6-12)14-9/h4-6,13H,7H2,1-3H3. The van der Waals surface area contributed by atoms with Crippen molar-refractivity contribution in [3.63, 3.8) is 0 Å². The van der Waals surface area contributed by atoms with Gasteiger partial charge in [0, 0.05) is 13.6 Å². The van der Waals surface area contributed by atoms with Crippen LogP contribution in [0.4, 0.5) is 5.00 Å². The Balaban J connectivity index is 2.69. The minimum atomic E-state index is -0.722. The Morgan fingerprint density at radius 3 is 2.64 bits per heavy atom. The molecule has 0 atom stereocenters. The van der Waals surface area contributed by atoms with Crippen LogP contribution >= 0.6 is 11.3 Å². The smallest absolute Gasteiger partial charge is 0.160 e. The summed E-state index contributed by atoms with van der Waals surface area (Å²) < 4.78 is 0. The quantitative estimate of drug-likeness (QED) is 0.775. The summed E-state index contributed by atoms with van der Waals surface area (Å²) in [4.78, 5) is 13.1. The largest absolute Gasteiger partial charge is 0.389 e. The number of aliphatic hydroxyl groups is 1. The van der Waals surface area contributed by atoms with Gasteiger partial charge in [-0.3, -0.25) is 4.79 Å². The van der Waals surface area contributed by atoms with E-state index in [0.29, 0.717) is 11.4 Å². The molecule has 0 unspecified atom stereocenters. The first-order valence-corrected chi connectivity index (χ1v) is 5.22. The van der Waals surface area contributed by atoms with Crippen LogP contribution in [0.15, 0.2) is 12.1 Å². The van der Waals surface area contributed by atoms with Gasteiger partial charge in [0.15, 0.2) is 6.29 Å². The van der Waals surface area contributed by atoms with Crippen molar-refractivity contribution < 1.29 is 9.90 Å². The van der Waals surface area contributed by atoms with Crippen LogP contribution in [0, 0.1) is 0 Å². The number of likely N-dealkylation sites (N-methyl/N-ethyl adjacent to an activating group) is 1. The van der Waals surface area contributed by atoms with Crippen LogP contribution in [0.25, 0.3) is 0 Å². The normalized spacial score (nSPS) is 11.4. The van der Waals surface area contributed by atoms with Gasteiger partial charge in [-0.05, 0) is 26.0 Å². The van der Waals surface area contributed by atoms with Crippen molar-refractivity contribution in [3.05, 3.63) is 17.0 Å². The first-order chi connectivity index (χ1) is 6.42. The molecule has 1 heterocycles. The molecule has 0 saturated heterocycles. The SMILES string of the molecule is CN(CC(C)(C)O)c1ccc(C=O)s1. The second-order valence-electron chi connectivity index (χ2n) is 3.96. The zero-order valence-electron chi connectivity index (χ0n) is 8.65. The second kappa shape index (κ2) is 4.11. The van der Waals surface area contributed by atoms with E-state index in [-0.39, 0.29) is 0 Å². The van der Waals surface area contributed by atoms with Crippen molar-refractivity contribution in [2.45, 2.75) is 19.4 Å². The van der Waals surface area contributed by atoms with Crippen LogP contribution in [-0.4, -0.2) is 30.6 Å². The van der Waals surface area contributed by atoms with Crippen molar-refractivity contribution in [2.75, 3.05) is 18.5 Å². The summed E-state index contributed by atoms with van der Waals surface area (Å²) in [5, 5.41) is 10.6. The van der Waals surface area contributed by atoms with E-state index in [1.165, 1.54) is 11.3 Å². The zero-order valence-corrected chi connectivity index (χ0v) is 9.47. The summed E-state index contributed by atoms with van der Waals surface area (Å²) in [6, 6.07) is 3.67. The van der Waals surface area contributed by atoms with Crippen LogP contribution < -0.4 is 4.90 Å². The molecule has 0 aliphatic heterocycles. The molecule has 78 valence electrons. The van der Waals surface area contributed by atoms with Crippen molar-refractivity contribution in [3.8, 4) is 0 Å². The van der Waals surface area contributed by atoms with Gasteiger partial charge in [0.2, 0.25) is 0 Å². The summed E-state index contributed by atoms with van der Waals surface area (Å²) in [5.41, 5.74) is -0.722. The molecule has 0 fully saturated rings. The molecule has 1 aromatic heterocycles. The molecule has 0 bridgehead atoms. The zero-order chi connectivity index (χ0) is 10.8. The third-order valence-electron chi connectivity index (χ3n) is 1.73. The summed E-state index contributed by atoms with van der Waals surface area (Å²) in [5.74, 6) is 0. The van der Waals surface area contributed by atoms with Crippen molar-refractivity contribution >= 4 is 22.6 Å². The van der Waals surface area contributed by atoms with Crippen molar-refractivity contribution in [2.24, 2.45) is 0 Å². The first-order valence-electron chi connectivity index (χ1n) is 4.41. The maximum atomic E-state index is 10.5. The number of rotatable bonds is 4. The predicted octanol–water partition coefficient (Wildman–Crippen LogP) is 1.77. The monoisotopic (exact) mass is 213 g/mol. The Morgan fingerprint density at radius 2 is 2.21 bits per heavy atom. The minimum Gasteiger partial charge on any atom is -0.389 e. The highest BCUT2D eigenvalue weighted by molar-refractivity contribution is 7.17. The molecule has 1 N–H and O–H groups in total. The van der Waals surface area contributed by atoms with E-state index >= 15 is 0 Å². The van der Waals surface area contributed by atoms with E-state index in [2.05, 4.69) is 0 Å². The summed E-state index contributed by atoms with van der Waals surface area (Å²) >= 11 is 1.43. The van der Waals surface area contributed by atoms with Gasteiger partial charge >= 0.3 is 0 Å². The average Bonchev–Trinajstić information content (AvgIpc) is 2.48. The molecule has 0 aromatic carbocycles. The van der Waals surface area contributed by atoms with Crippen LogP contribution in [0.2, 0.25) is 0 Å². The molecular weight excluding hydrogens is 198 g/mol. The number of hydrogen-bond donors (Lipinski definition) is 1. The van der Waals surface area contributed by atoms with Crippen molar-refractivity contribution in [1.82, 2.24) is 0 Å². The third-order valence-corrected chi connectivity index (χ3v) is 2.85. The van der Waals surface area contributed by atoms with Gasteiger partial charge in [0.25, 0.3) is 0 Å². The second-order valence-corrected chi connectivity index (χ2v) is 5.06. The van der Waals surface area contributed by atoms with E-state index in [0.717, 1.165) is 11.3 Å². The van der Waals surface area contributed by atoms with E-state index < -0.39 is 5.60 Å². The minimum absolute atomic E-state index is 0.547. The van der Waals surface area contributed by atoms with Gasteiger partial charge in [-0.1, -0.05) is 0 Å². The van der Waals surface area contributed by atoms with E-state index in [1.54, 1.807) is 19.9 Å². The molecule has 0 radical (unpaired) electrons. The number of anilines is 1. The maximum absolute atomic E-state index is 10.5. The number of thiophene rings is 1. The Hall–Kier alpha value is -0.870. The van der Waals surface area contributed by atoms with Crippen LogP contribution in [0.5, 0.6) is 0 Å². The Morgan fingerprint density at radius 1 is 1.57 bits per heavy atom. The lowest BCUT2D eigenvalue weighted by Crippen LogP contribution is -2.35. The lowest BCUT2D eigenvalue weighted by atomic mass is 10.1. The highest BCUT2D eigenvalue weighted by Gasteiger charge is 2.16. The van der Waals surface area contributed by atoms with Gasteiger partial charge in [-0.2, -0.15) is 0 Å². The summed E-state index contributed by atoms with van der Waals surface area (Å²) in [6.07, 6.45) is 0.839. The summed E-state index contributed by atoms with van der Waals surface area (Å²) in [7, 11) is 1.90. The van der Waals surface area contributed by atoms with Crippen molar-refractivity contribution in [1.29, 1.82) is 0 Å². The Labute approximate surface area is 88.0 Å². The Bertz CT molecular complexity index is 314. The van der Waals surface area contributed by atoms with Gasteiger partial charge in [0.1, 0.15) is 0 Å². The molecule has 0 spiro atoms. The van der Waals surface area contributed by atoms with Gasteiger partial charge < -0.3 is 10.0 Å². The predicted molar refractivity (Wildman–Crippen MR) is 59.3 cm³/mol. The molecule has 0 amide bonds. The van der Waals surface area contributed by atoms with E-state index in [4.69, 9.17) is 0 Å². The fourth-order valence-electron chi connectivity index (χ4n) is 1.27. The third kappa shape index (κ3) is 3.12. The molecule has 0 aliphatic rings. The number of carbonyl (C=O) groups excluding carboxylic acids is 1. The summed E-state index contributed by atoms with van der Waals surface area (Å²) in [6.45, 7) is 4.07. The number of nitrogens with zero attached hydrogens (tertiary/aromatic N) is 1. The maximum Gasteiger partial charge on any atom is 0.160 e. The molecule has 0 aliphatic carbocycles. The molecule has 4 heteroatoms. The van der Waals surface area contributed by atoms with Gasteiger partial charge in [-0.25, -0.2) is 0 Å². The van der Waals surface area contributed by atoms with Crippen LogP contribution in [-0.2, 0) is 0 Å². The van der Waals surface area contributed by atoms with Gasteiger partial charge in [-0.15, -0.1) is 11.3 Å². The number of hydrogen-bond acceptors (Lipinski definition) is 4. The average molecular weight is 213 g/mol. The van der Waals surface area contributed by atoms with Crippen LogP contribution in [0.1, 0.15) is 23.5 Å². The highest BCUT2D eigenvalue weighted by Crippen LogP contribution is 2.24. The number of aldehydes is 1. The Kier molecular flexibility index (Phi) is 3.29. The van der Waals surface area contributed by atoms with Crippen LogP contribution in [0.3, 0.4) is 0 Å². The topological polar surface area (TPSA) is 40.5 Å². The highest BCUT2D eigenvalue weighted by atomic mass is 32.1. The fraction of sp³-hybridized carbons (Fsp3) is 0.500. The first kappa shape index (κ1) is 11.2. The molecule has 0 saturated carbocycles. The van der Waals surface area contributed by atoms with Gasteiger partial charge in [0.05, 0.1) is 15.5 Å². The fourth-order valence-corrected chi connectivity index (χ4v) is 2.05.